The van der Waals surface area contributed by atoms with E-state index in [0.29, 0.717) is 0 Å². The summed E-state index contributed by atoms with van der Waals surface area (Å²) in [5.41, 5.74) is -0.179. The minimum atomic E-state index is -0.0596. The summed E-state index contributed by atoms with van der Waals surface area (Å²) in [6.45, 7) is 28.0. The third-order valence-corrected chi connectivity index (χ3v) is 5.14. The van der Waals surface area contributed by atoms with Gasteiger partial charge in [0, 0.05) is 36.3 Å². The number of aromatic nitrogens is 3. The molecule has 0 fully saturated rings. The average Bonchev–Trinajstić information content (AvgIpc) is 2.66. The van der Waals surface area contributed by atoms with E-state index in [1.165, 1.54) is 0 Å². The highest BCUT2D eigenvalue weighted by Crippen LogP contribution is 2.19. The molecule has 1 aromatic heterocycles. The van der Waals surface area contributed by atoms with Gasteiger partial charge in [-0.2, -0.15) is 15.0 Å². The molecule has 0 bridgehead atoms. The van der Waals surface area contributed by atoms with Crippen molar-refractivity contribution in [1.82, 2.24) is 29.7 Å². The van der Waals surface area contributed by atoms with Gasteiger partial charge in [0.05, 0.1) is 19.0 Å². The molecule has 0 N–H and O–H groups in total. The molecule has 0 amide bonds. The highest BCUT2D eigenvalue weighted by molar-refractivity contribution is 5.63. The molecule has 0 unspecified atom stereocenters. The molecular formula is C24H45N9. The highest BCUT2D eigenvalue weighted by Gasteiger charge is 2.19. The minimum absolute atomic E-state index is 0.0596. The van der Waals surface area contributed by atoms with E-state index in [1.807, 2.05) is 0 Å². The van der Waals surface area contributed by atoms with Crippen LogP contribution in [-0.4, -0.2) is 84.9 Å². The maximum Gasteiger partial charge on any atom is 0.257 e. The topological polar surface area (TPSA) is 85.5 Å². The lowest BCUT2D eigenvalue weighted by Gasteiger charge is -2.32. The van der Waals surface area contributed by atoms with Crippen molar-refractivity contribution in [2.24, 2.45) is 15.0 Å². The Labute approximate surface area is 201 Å². The summed E-state index contributed by atoms with van der Waals surface area (Å²) in [6, 6.07) is 0. The maximum absolute atomic E-state index is 4.52. The van der Waals surface area contributed by atoms with Crippen molar-refractivity contribution >= 4 is 36.9 Å². The van der Waals surface area contributed by atoms with Crippen molar-refractivity contribution in [3.05, 3.63) is 0 Å². The van der Waals surface area contributed by atoms with E-state index < -0.39 is 0 Å². The zero-order chi connectivity index (χ0) is 25.4. The molecule has 0 aromatic carbocycles. The van der Waals surface area contributed by atoms with Crippen LogP contribution in [0, 0.1) is 0 Å². The van der Waals surface area contributed by atoms with Gasteiger partial charge in [0.15, 0.2) is 0 Å². The molecule has 0 saturated carbocycles. The lowest BCUT2D eigenvalue weighted by atomic mass is 10.1. The van der Waals surface area contributed by atoms with Gasteiger partial charge in [-0.05, 0) is 83.1 Å². The fourth-order valence-corrected chi connectivity index (χ4v) is 3.07. The van der Waals surface area contributed by atoms with Crippen LogP contribution < -0.4 is 0 Å². The molecular weight excluding hydrogens is 414 g/mol. The largest absolute Gasteiger partial charge is 0.358 e. The Bertz CT molecular complexity index is 702. The predicted molar refractivity (Wildman–Crippen MR) is 141 cm³/mol. The first kappa shape index (κ1) is 28.5. The smallest absolute Gasteiger partial charge is 0.257 e. The second-order valence-corrected chi connectivity index (χ2v) is 10.8. The molecule has 1 aromatic rings. The zero-order valence-electron chi connectivity index (χ0n) is 22.9. The molecule has 0 aliphatic rings. The molecule has 0 aliphatic heterocycles. The van der Waals surface area contributed by atoms with Crippen molar-refractivity contribution in [2.45, 2.75) is 99.7 Å². The Balaban J connectivity index is 3.41. The first-order chi connectivity index (χ1) is 15.1. The lowest BCUT2D eigenvalue weighted by Crippen LogP contribution is -2.40. The van der Waals surface area contributed by atoms with Crippen LogP contribution in [0.2, 0.25) is 0 Å². The number of hydrogen-bond acceptors (Lipinski definition) is 6. The number of hydrogen-bond donors (Lipinski definition) is 0. The van der Waals surface area contributed by atoms with Crippen LogP contribution in [0.5, 0.6) is 0 Å². The first-order valence-electron chi connectivity index (χ1n) is 11.8. The lowest BCUT2D eigenvalue weighted by molar-refractivity contribution is 0.255. The van der Waals surface area contributed by atoms with Crippen LogP contribution in [0.25, 0.3) is 0 Å². The van der Waals surface area contributed by atoms with Gasteiger partial charge in [-0.1, -0.05) is 0 Å². The Morgan fingerprint density at radius 1 is 0.515 bits per heavy atom. The van der Waals surface area contributed by atoms with E-state index in [4.69, 9.17) is 0 Å². The van der Waals surface area contributed by atoms with Crippen molar-refractivity contribution in [3.8, 4) is 0 Å². The number of aliphatic imine (C=N–C) groups is 3. The van der Waals surface area contributed by atoms with Gasteiger partial charge in [0.25, 0.3) is 17.8 Å². The summed E-state index contributed by atoms with van der Waals surface area (Å²) >= 11 is 0. The van der Waals surface area contributed by atoms with E-state index in [2.05, 4.69) is 128 Å². The average molecular weight is 460 g/mol. The van der Waals surface area contributed by atoms with Crippen LogP contribution >= 0.6 is 0 Å². The molecule has 1 rings (SSSR count). The molecule has 0 aliphatic carbocycles. The van der Waals surface area contributed by atoms with Gasteiger partial charge in [-0.15, -0.1) is 0 Å². The SMILES string of the molecule is CCN(C=Nc1nc(N=CN(CC)C(C)(C)C)nc(N=CN(CC)C(C)(C)C)n1)C(C)(C)C. The van der Waals surface area contributed by atoms with E-state index in [9.17, 15) is 0 Å². The molecule has 9 nitrogen and oxygen atoms in total. The quantitative estimate of drug-likeness (QED) is 0.372. The van der Waals surface area contributed by atoms with Crippen LogP contribution in [0.1, 0.15) is 83.1 Å². The zero-order valence-corrected chi connectivity index (χ0v) is 22.9. The van der Waals surface area contributed by atoms with Crippen molar-refractivity contribution in [3.63, 3.8) is 0 Å². The number of nitrogens with zero attached hydrogens (tertiary/aromatic N) is 9. The monoisotopic (exact) mass is 459 g/mol. The van der Waals surface area contributed by atoms with Crippen molar-refractivity contribution in [1.29, 1.82) is 0 Å². The summed E-state index contributed by atoms with van der Waals surface area (Å²) in [5, 5.41) is 0. The van der Waals surface area contributed by atoms with Crippen LogP contribution in [0.4, 0.5) is 17.8 Å². The molecule has 0 radical (unpaired) electrons. The highest BCUT2D eigenvalue weighted by atomic mass is 15.3. The summed E-state index contributed by atoms with van der Waals surface area (Å²) in [5.74, 6) is 0.846. The Hall–Kier alpha value is -2.58. The summed E-state index contributed by atoms with van der Waals surface area (Å²) in [7, 11) is 0. The molecule has 0 saturated heterocycles. The van der Waals surface area contributed by atoms with Gasteiger partial charge in [0.2, 0.25) is 0 Å². The van der Waals surface area contributed by atoms with Gasteiger partial charge < -0.3 is 14.7 Å². The maximum atomic E-state index is 4.52. The molecule has 186 valence electrons. The van der Waals surface area contributed by atoms with Crippen LogP contribution in [-0.2, 0) is 0 Å². The van der Waals surface area contributed by atoms with Crippen LogP contribution in [0.15, 0.2) is 15.0 Å². The van der Waals surface area contributed by atoms with Gasteiger partial charge in [-0.25, -0.2) is 15.0 Å². The van der Waals surface area contributed by atoms with E-state index in [-0.39, 0.29) is 34.5 Å². The Morgan fingerprint density at radius 2 is 0.727 bits per heavy atom. The van der Waals surface area contributed by atoms with Crippen molar-refractivity contribution < 1.29 is 0 Å². The van der Waals surface area contributed by atoms with Gasteiger partial charge in [-0.3, -0.25) is 0 Å². The first-order valence-corrected chi connectivity index (χ1v) is 11.8. The second kappa shape index (κ2) is 11.5. The number of rotatable bonds is 9. The summed E-state index contributed by atoms with van der Waals surface area (Å²) in [4.78, 5) is 33.3. The summed E-state index contributed by atoms with van der Waals surface area (Å²) in [6.07, 6.45) is 5.33. The predicted octanol–water partition coefficient (Wildman–Crippen LogP) is 5.21. The van der Waals surface area contributed by atoms with Crippen molar-refractivity contribution in [2.75, 3.05) is 19.6 Å². The Kier molecular flexibility index (Phi) is 9.93. The molecule has 9 heteroatoms. The molecule has 1 heterocycles. The third kappa shape index (κ3) is 9.43. The molecule has 0 atom stereocenters. The fourth-order valence-electron chi connectivity index (χ4n) is 3.07. The summed E-state index contributed by atoms with van der Waals surface area (Å²) < 4.78 is 0. The van der Waals surface area contributed by atoms with E-state index in [0.717, 1.165) is 19.6 Å². The van der Waals surface area contributed by atoms with Gasteiger partial charge >= 0.3 is 0 Å². The van der Waals surface area contributed by atoms with Gasteiger partial charge in [0.1, 0.15) is 0 Å². The normalized spacial score (nSPS) is 13.5. The van der Waals surface area contributed by atoms with E-state index in [1.54, 1.807) is 19.0 Å². The minimum Gasteiger partial charge on any atom is -0.358 e. The molecule has 33 heavy (non-hydrogen) atoms. The standard InChI is InChI=1S/C24H45N9/c1-13-31(22(4,5)6)16-25-19-28-20(26-17-32(14-2)23(7,8)9)30-21(29-19)27-18-33(15-3)24(10,11)12/h16-18H,13-15H2,1-12H3. The van der Waals surface area contributed by atoms with Crippen LogP contribution in [0.3, 0.4) is 0 Å². The third-order valence-electron chi connectivity index (χ3n) is 5.14. The van der Waals surface area contributed by atoms with E-state index >= 15 is 0 Å². The second-order valence-electron chi connectivity index (χ2n) is 10.8. The fraction of sp³-hybridized carbons (Fsp3) is 0.750. The Morgan fingerprint density at radius 3 is 0.879 bits per heavy atom. The molecule has 0 spiro atoms.